The third-order valence-corrected chi connectivity index (χ3v) is 3.63. The van der Waals surface area contributed by atoms with Crippen LogP contribution < -0.4 is 5.32 Å². The zero-order valence-electron chi connectivity index (χ0n) is 10.5. The van der Waals surface area contributed by atoms with Crippen LogP contribution in [0.1, 0.15) is 12.0 Å². The zero-order valence-corrected chi connectivity index (χ0v) is 10.5. The van der Waals surface area contributed by atoms with Gasteiger partial charge in [0.15, 0.2) is 12.0 Å². The van der Waals surface area contributed by atoms with E-state index in [1.807, 2.05) is 18.2 Å². The van der Waals surface area contributed by atoms with E-state index in [0.717, 1.165) is 37.0 Å². The number of fused-ring (bicyclic) bond motifs is 1. The van der Waals surface area contributed by atoms with E-state index in [-0.39, 0.29) is 5.92 Å². The molecule has 3 rings (SSSR count). The summed E-state index contributed by atoms with van der Waals surface area (Å²) in [6.45, 7) is 1.64. The molecule has 2 unspecified atom stereocenters. The molecule has 0 aliphatic heterocycles. The molecule has 0 saturated heterocycles. The largest absolute Gasteiger partial charge is 0.481 e. The highest BCUT2D eigenvalue weighted by molar-refractivity contribution is 5.73. The fourth-order valence-corrected chi connectivity index (χ4v) is 2.35. The maximum Gasteiger partial charge on any atom is 0.306 e. The van der Waals surface area contributed by atoms with Crippen molar-refractivity contribution in [2.24, 2.45) is 11.8 Å². The Morgan fingerprint density at radius 2 is 2.42 bits per heavy atom. The molecule has 2 N–H and O–H groups in total. The molecule has 1 aliphatic rings. The van der Waals surface area contributed by atoms with Gasteiger partial charge in [-0.2, -0.15) is 0 Å². The van der Waals surface area contributed by atoms with Crippen molar-refractivity contribution in [3.8, 4) is 0 Å². The summed E-state index contributed by atoms with van der Waals surface area (Å²) in [5.74, 6) is -0.477. The Labute approximate surface area is 110 Å². The molecule has 0 radical (unpaired) electrons. The molecule has 5 nitrogen and oxygen atoms in total. The number of aliphatic carboxylic acids is 1. The highest BCUT2D eigenvalue weighted by Gasteiger charge is 2.42. The number of carboxylic acid groups (broad SMARTS) is 1. The van der Waals surface area contributed by atoms with Crippen LogP contribution in [0, 0.1) is 11.8 Å². The first-order valence-corrected chi connectivity index (χ1v) is 6.49. The molecule has 0 bridgehead atoms. The summed E-state index contributed by atoms with van der Waals surface area (Å²) >= 11 is 0. The number of oxazole rings is 1. The van der Waals surface area contributed by atoms with Crippen LogP contribution in [-0.2, 0) is 11.2 Å². The Morgan fingerprint density at radius 3 is 3.21 bits per heavy atom. The summed E-state index contributed by atoms with van der Waals surface area (Å²) in [5.41, 5.74) is 2.88. The molecule has 2 atom stereocenters. The Morgan fingerprint density at radius 1 is 1.53 bits per heavy atom. The zero-order chi connectivity index (χ0) is 13.2. The highest BCUT2D eigenvalue weighted by Crippen LogP contribution is 2.37. The minimum atomic E-state index is -0.664. The van der Waals surface area contributed by atoms with Crippen LogP contribution in [0.15, 0.2) is 29.0 Å². The number of benzene rings is 1. The molecule has 1 saturated carbocycles. The van der Waals surface area contributed by atoms with Crippen LogP contribution >= 0.6 is 0 Å². The molecule has 0 amide bonds. The molecule has 100 valence electrons. The van der Waals surface area contributed by atoms with Crippen LogP contribution in [0.2, 0.25) is 0 Å². The van der Waals surface area contributed by atoms with Crippen LogP contribution in [0.3, 0.4) is 0 Å². The number of nitrogens with one attached hydrogen (secondary N) is 1. The Balaban J connectivity index is 1.44. The first kappa shape index (κ1) is 12.2. The smallest absolute Gasteiger partial charge is 0.306 e. The molecule has 0 spiro atoms. The quantitative estimate of drug-likeness (QED) is 0.773. The molecule has 1 aliphatic carbocycles. The van der Waals surface area contributed by atoms with Crippen molar-refractivity contribution in [2.45, 2.75) is 12.8 Å². The minimum Gasteiger partial charge on any atom is -0.481 e. The van der Waals surface area contributed by atoms with Crippen molar-refractivity contribution < 1.29 is 14.3 Å². The number of carbonyl (C=O) groups is 1. The van der Waals surface area contributed by atoms with E-state index in [9.17, 15) is 4.79 Å². The van der Waals surface area contributed by atoms with Crippen molar-refractivity contribution in [2.75, 3.05) is 13.1 Å². The lowest BCUT2D eigenvalue weighted by molar-refractivity contribution is -0.138. The van der Waals surface area contributed by atoms with Gasteiger partial charge in [0.1, 0.15) is 5.52 Å². The van der Waals surface area contributed by atoms with Gasteiger partial charge in [0.05, 0.1) is 5.92 Å². The van der Waals surface area contributed by atoms with Gasteiger partial charge in [0, 0.05) is 0 Å². The van der Waals surface area contributed by atoms with Gasteiger partial charge < -0.3 is 14.8 Å². The molecule has 1 aromatic carbocycles. The Kier molecular flexibility index (Phi) is 3.21. The van der Waals surface area contributed by atoms with Gasteiger partial charge >= 0.3 is 5.97 Å². The maximum absolute atomic E-state index is 10.7. The van der Waals surface area contributed by atoms with Gasteiger partial charge in [-0.25, -0.2) is 4.98 Å². The fraction of sp³-hybridized carbons (Fsp3) is 0.429. The van der Waals surface area contributed by atoms with Crippen molar-refractivity contribution in [3.63, 3.8) is 0 Å². The van der Waals surface area contributed by atoms with Crippen LogP contribution in [0.5, 0.6) is 0 Å². The first-order chi connectivity index (χ1) is 9.24. The standard InChI is InChI=1S/C14H16N2O3/c17-14(18)11-6-10(11)7-15-4-3-9-1-2-12-13(5-9)19-8-16-12/h1-2,5,8,10-11,15H,3-4,6-7H2,(H,17,18). The van der Waals surface area contributed by atoms with Crippen molar-refractivity contribution >= 4 is 17.1 Å². The molecule has 5 heteroatoms. The summed E-state index contributed by atoms with van der Waals surface area (Å²) < 4.78 is 5.26. The average Bonchev–Trinajstić information content (AvgIpc) is 3.03. The second-order valence-electron chi connectivity index (χ2n) is 5.05. The van der Waals surface area contributed by atoms with Crippen LogP contribution in [0.25, 0.3) is 11.1 Å². The number of rotatable bonds is 6. The number of hydrogen-bond donors (Lipinski definition) is 2. The van der Waals surface area contributed by atoms with Gasteiger partial charge in [-0.3, -0.25) is 4.79 Å². The lowest BCUT2D eigenvalue weighted by Gasteiger charge is -2.04. The van der Waals surface area contributed by atoms with Gasteiger partial charge in [-0.05, 0) is 49.5 Å². The predicted molar refractivity (Wildman–Crippen MR) is 69.8 cm³/mol. The van der Waals surface area contributed by atoms with Crippen molar-refractivity contribution in [1.82, 2.24) is 10.3 Å². The first-order valence-electron chi connectivity index (χ1n) is 6.49. The van der Waals surface area contributed by atoms with E-state index in [4.69, 9.17) is 9.52 Å². The van der Waals surface area contributed by atoms with Crippen LogP contribution in [0.4, 0.5) is 0 Å². The topological polar surface area (TPSA) is 75.4 Å². The van der Waals surface area contributed by atoms with Gasteiger partial charge in [-0.1, -0.05) is 6.07 Å². The number of nitrogens with zero attached hydrogens (tertiary/aromatic N) is 1. The summed E-state index contributed by atoms with van der Waals surface area (Å²) in [4.78, 5) is 14.8. The van der Waals surface area contributed by atoms with Crippen molar-refractivity contribution in [1.29, 1.82) is 0 Å². The summed E-state index contributed by atoms with van der Waals surface area (Å²) in [7, 11) is 0. The minimum absolute atomic E-state index is 0.127. The molecule has 19 heavy (non-hydrogen) atoms. The molecule has 1 aromatic heterocycles. The molecule has 1 heterocycles. The molecular formula is C14H16N2O3. The molecule has 2 aromatic rings. The lowest BCUT2D eigenvalue weighted by Crippen LogP contribution is -2.21. The number of hydrogen-bond acceptors (Lipinski definition) is 4. The van der Waals surface area contributed by atoms with Crippen LogP contribution in [-0.4, -0.2) is 29.1 Å². The fourth-order valence-electron chi connectivity index (χ4n) is 2.35. The Hall–Kier alpha value is -1.88. The van der Waals surface area contributed by atoms with E-state index in [2.05, 4.69) is 10.3 Å². The number of carboxylic acids is 1. The van der Waals surface area contributed by atoms with E-state index < -0.39 is 5.97 Å². The normalized spacial score (nSPS) is 21.7. The summed E-state index contributed by atoms with van der Waals surface area (Å²) in [5, 5.41) is 12.1. The predicted octanol–water partition coefficient (Wildman–Crippen LogP) is 1.68. The van der Waals surface area contributed by atoms with Crippen molar-refractivity contribution in [3.05, 3.63) is 30.2 Å². The third kappa shape index (κ3) is 2.76. The van der Waals surface area contributed by atoms with E-state index in [0.29, 0.717) is 5.92 Å². The van der Waals surface area contributed by atoms with E-state index >= 15 is 0 Å². The molecule has 1 fully saturated rings. The SMILES string of the molecule is O=C(O)C1CC1CNCCc1ccc2ncoc2c1. The monoisotopic (exact) mass is 260 g/mol. The lowest BCUT2D eigenvalue weighted by atomic mass is 10.1. The van der Waals surface area contributed by atoms with E-state index in [1.54, 1.807) is 0 Å². The Bertz CT molecular complexity index is 593. The van der Waals surface area contributed by atoms with Gasteiger partial charge in [-0.15, -0.1) is 0 Å². The maximum atomic E-state index is 10.7. The third-order valence-electron chi connectivity index (χ3n) is 3.63. The van der Waals surface area contributed by atoms with Gasteiger partial charge in [0.2, 0.25) is 0 Å². The molecular weight excluding hydrogens is 244 g/mol. The second kappa shape index (κ2) is 5.01. The summed E-state index contributed by atoms with van der Waals surface area (Å²) in [6.07, 6.45) is 3.17. The second-order valence-corrected chi connectivity index (χ2v) is 5.05. The summed E-state index contributed by atoms with van der Waals surface area (Å²) in [6, 6.07) is 6.00. The number of aromatic nitrogens is 1. The van der Waals surface area contributed by atoms with E-state index in [1.165, 1.54) is 12.0 Å². The van der Waals surface area contributed by atoms with Gasteiger partial charge in [0.25, 0.3) is 0 Å². The average molecular weight is 260 g/mol. The highest BCUT2D eigenvalue weighted by atomic mass is 16.4.